The third-order valence-corrected chi connectivity index (χ3v) is 11.4. The van der Waals surface area contributed by atoms with Crippen LogP contribution < -0.4 is 0 Å². The van der Waals surface area contributed by atoms with Gasteiger partial charge in [-0.05, 0) is 78.1 Å². The van der Waals surface area contributed by atoms with E-state index in [1.165, 1.54) is 18.9 Å². The Kier molecular flexibility index (Phi) is 5.21. The third kappa shape index (κ3) is 2.83. The van der Waals surface area contributed by atoms with Crippen LogP contribution in [0, 0.1) is 45.3 Å². The Balaban J connectivity index is 1.62. The first-order valence-electron chi connectivity index (χ1n) is 12.8. The van der Waals surface area contributed by atoms with Crippen molar-refractivity contribution in [2.24, 2.45) is 45.3 Å². The summed E-state index contributed by atoms with van der Waals surface area (Å²) in [6.45, 7) is 11.8. The molecule has 0 aromatic carbocycles. The zero-order chi connectivity index (χ0) is 23.1. The summed E-state index contributed by atoms with van der Waals surface area (Å²) in [7, 11) is 0. The molecule has 0 aromatic heterocycles. The molecule has 5 heteroatoms. The molecule has 180 valence electrons. The van der Waals surface area contributed by atoms with E-state index >= 15 is 0 Å². The summed E-state index contributed by atoms with van der Waals surface area (Å²) < 4.78 is 11.8. The van der Waals surface area contributed by atoms with Crippen LogP contribution in [0.3, 0.4) is 0 Å². The Labute approximate surface area is 192 Å². The van der Waals surface area contributed by atoms with Gasteiger partial charge in [-0.25, -0.2) is 0 Å². The molecule has 10 atom stereocenters. The third-order valence-electron chi connectivity index (χ3n) is 11.4. The number of aliphatic hydroxyl groups is 2. The molecule has 32 heavy (non-hydrogen) atoms. The fraction of sp³-hybridized carbons (Fsp3) is 0.889. The molecule has 0 amide bonds. The lowest BCUT2D eigenvalue weighted by atomic mass is 9.34. The SMILES string of the molecule is CC(=O)OC1CC2C3(C)CCCC(C)(CO)C3CCC2(C)C2CC=C3COC(O)C3C12C. The van der Waals surface area contributed by atoms with Gasteiger partial charge in [-0.3, -0.25) is 4.79 Å². The van der Waals surface area contributed by atoms with Crippen molar-refractivity contribution in [1.82, 2.24) is 0 Å². The maximum Gasteiger partial charge on any atom is 0.302 e. The first-order chi connectivity index (χ1) is 15.0. The smallest absolute Gasteiger partial charge is 0.302 e. The minimum absolute atomic E-state index is 0.0267. The van der Waals surface area contributed by atoms with Crippen molar-refractivity contribution in [1.29, 1.82) is 0 Å². The Bertz CT molecular complexity index is 823. The van der Waals surface area contributed by atoms with E-state index in [9.17, 15) is 15.0 Å². The van der Waals surface area contributed by atoms with E-state index in [1.807, 2.05) is 0 Å². The monoisotopic (exact) mass is 446 g/mol. The average Bonchev–Trinajstić information content (AvgIpc) is 3.11. The zero-order valence-electron chi connectivity index (χ0n) is 20.5. The summed E-state index contributed by atoms with van der Waals surface area (Å²) in [5.41, 5.74) is 1.04. The molecular formula is C27H42O5. The topological polar surface area (TPSA) is 76.0 Å². The van der Waals surface area contributed by atoms with Crippen LogP contribution >= 0.6 is 0 Å². The number of allylic oxidation sites excluding steroid dienone is 1. The van der Waals surface area contributed by atoms with Crippen LogP contribution in [0.15, 0.2) is 11.6 Å². The van der Waals surface area contributed by atoms with Gasteiger partial charge in [-0.15, -0.1) is 0 Å². The molecule has 1 aliphatic heterocycles. The highest BCUT2D eigenvalue weighted by Crippen LogP contribution is 2.73. The average molecular weight is 447 g/mol. The number of hydrogen-bond acceptors (Lipinski definition) is 5. The number of fused-ring (bicyclic) bond motifs is 7. The standard InChI is InChI=1S/C27H42O5/c1-16(29)32-21-13-20-25(3)11-6-10-24(2,15-28)18(25)9-12-26(20,4)19-8-7-17-14-31-23(30)22(17)27(19,21)5/h7,18-23,28,30H,6,8-15H2,1-5H3. The molecule has 4 fully saturated rings. The van der Waals surface area contributed by atoms with Crippen LogP contribution in [0.4, 0.5) is 0 Å². The van der Waals surface area contributed by atoms with Gasteiger partial charge in [0.05, 0.1) is 6.61 Å². The van der Waals surface area contributed by atoms with Crippen molar-refractivity contribution in [3.63, 3.8) is 0 Å². The van der Waals surface area contributed by atoms with Crippen LogP contribution in [0.5, 0.6) is 0 Å². The molecule has 1 saturated heterocycles. The van der Waals surface area contributed by atoms with Crippen molar-refractivity contribution in [3.05, 3.63) is 11.6 Å². The van der Waals surface area contributed by atoms with Crippen LogP contribution in [0.25, 0.3) is 0 Å². The Hall–Kier alpha value is -0.910. The van der Waals surface area contributed by atoms with Crippen molar-refractivity contribution in [2.75, 3.05) is 13.2 Å². The normalized spacial score (nSPS) is 54.5. The Morgan fingerprint density at radius 1 is 1.12 bits per heavy atom. The number of ether oxygens (including phenoxy) is 2. The Morgan fingerprint density at radius 2 is 1.84 bits per heavy atom. The van der Waals surface area contributed by atoms with E-state index in [-0.39, 0.29) is 46.3 Å². The van der Waals surface area contributed by atoms with Crippen molar-refractivity contribution < 1.29 is 24.5 Å². The van der Waals surface area contributed by atoms with Gasteiger partial charge in [-0.2, -0.15) is 0 Å². The molecule has 5 nitrogen and oxygen atoms in total. The van der Waals surface area contributed by atoms with Gasteiger partial charge in [0.25, 0.3) is 0 Å². The molecule has 3 saturated carbocycles. The summed E-state index contributed by atoms with van der Waals surface area (Å²) in [5.74, 6) is 0.900. The number of carbonyl (C=O) groups is 1. The first-order valence-corrected chi connectivity index (χ1v) is 12.8. The van der Waals surface area contributed by atoms with E-state index in [2.05, 4.69) is 33.8 Å². The van der Waals surface area contributed by atoms with Gasteiger partial charge in [0.15, 0.2) is 6.29 Å². The molecular weight excluding hydrogens is 404 g/mol. The predicted molar refractivity (Wildman–Crippen MR) is 121 cm³/mol. The van der Waals surface area contributed by atoms with Gasteiger partial charge in [0, 0.05) is 24.9 Å². The van der Waals surface area contributed by atoms with Crippen molar-refractivity contribution in [2.45, 2.75) is 92.0 Å². The van der Waals surface area contributed by atoms with Crippen molar-refractivity contribution >= 4 is 5.97 Å². The molecule has 10 unspecified atom stereocenters. The van der Waals surface area contributed by atoms with Crippen molar-refractivity contribution in [3.8, 4) is 0 Å². The fourth-order valence-electron chi connectivity index (χ4n) is 10.1. The van der Waals surface area contributed by atoms with Gasteiger partial charge >= 0.3 is 5.97 Å². The quantitative estimate of drug-likeness (QED) is 0.484. The summed E-state index contributed by atoms with van der Waals surface area (Å²) in [6.07, 6.45) is 8.76. The molecule has 5 aliphatic rings. The molecule has 2 N–H and O–H groups in total. The second-order valence-corrected chi connectivity index (χ2v) is 12.8. The first kappa shape index (κ1) is 22.9. The number of carbonyl (C=O) groups excluding carboxylic acids is 1. The van der Waals surface area contributed by atoms with E-state index in [0.29, 0.717) is 24.4 Å². The highest BCUT2D eigenvalue weighted by molar-refractivity contribution is 5.66. The summed E-state index contributed by atoms with van der Waals surface area (Å²) in [5, 5.41) is 21.2. The molecule has 0 bridgehead atoms. The van der Waals surface area contributed by atoms with Crippen LogP contribution in [0.2, 0.25) is 0 Å². The lowest BCUT2D eigenvalue weighted by Crippen LogP contribution is -2.67. The highest BCUT2D eigenvalue weighted by Gasteiger charge is 2.70. The summed E-state index contributed by atoms with van der Waals surface area (Å²) >= 11 is 0. The van der Waals surface area contributed by atoms with E-state index in [0.717, 1.165) is 38.5 Å². The molecule has 0 radical (unpaired) electrons. The van der Waals surface area contributed by atoms with E-state index in [4.69, 9.17) is 9.47 Å². The summed E-state index contributed by atoms with van der Waals surface area (Å²) in [6, 6.07) is 0. The van der Waals surface area contributed by atoms with Gasteiger partial charge in [0.2, 0.25) is 0 Å². The maximum absolute atomic E-state index is 12.3. The second-order valence-electron chi connectivity index (χ2n) is 12.8. The molecule has 1 heterocycles. The maximum atomic E-state index is 12.3. The highest BCUT2D eigenvalue weighted by atomic mass is 16.6. The minimum Gasteiger partial charge on any atom is -0.462 e. The Morgan fingerprint density at radius 3 is 2.53 bits per heavy atom. The van der Waals surface area contributed by atoms with Crippen LogP contribution in [0.1, 0.15) is 79.6 Å². The minimum atomic E-state index is -0.827. The molecule has 4 aliphatic carbocycles. The number of hydrogen-bond donors (Lipinski definition) is 2. The molecule has 0 spiro atoms. The lowest BCUT2D eigenvalue weighted by molar-refractivity contribution is -0.255. The van der Waals surface area contributed by atoms with Gasteiger partial charge in [-0.1, -0.05) is 40.2 Å². The van der Waals surface area contributed by atoms with Crippen LogP contribution in [-0.2, 0) is 14.3 Å². The fourth-order valence-corrected chi connectivity index (χ4v) is 10.1. The predicted octanol–water partition coefficient (Wildman–Crippen LogP) is 4.46. The number of esters is 1. The van der Waals surface area contributed by atoms with E-state index in [1.54, 1.807) is 0 Å². The van der Waals surface area contributed by atoms with E-state index < -0.39 is 6.29 Å². The van der Waals surface area contributed by atoms with Gasteiger partial charge < -0.3 is 19.7 Å². The second kappa shape index (κ2) is 7.29. The number of aliphatic hydroxyl groups excluding tert-OH is 2. The molecule has 5 rings (SSSR count). The largest absolute Gasteiger partial charge is 0.462 e. The lowest BCUT2D eigenvalue weighted by Gasteiger charge is -2.70. The van der Waals surface area contributed by atoms with Gasteiger partial charge in [0.1, 0.15) is 6.10 Å². The zero-order valence-corrected chi connectivity index (χ0v) is 20.5. The van der Waals surface area contributed by atoms with Crippen LogP contribution in [-0.4, -0.2) is 41.8 Å². The number of rotatable bonds is 2. The molecule has 0 aromatic rings. The summed E-state index contributed by atoms with van der Waals surface area (Å²) in [4.78, 5) is 12.3.